The van der Waals surface area contributed by atoms with E-state index in [1.54, 1.807) is 11.8 Å². The second-order valence-electron chi connectivity index (χ2n) is 5.63. The monoisotopic (exact) mass is 342 g/mol. The smallest absolute Gasteiger partial charge is 0.191 e. The first-order valence-corrected chi connectivity index (χ1v) is 9.42. The Hall–Kier alpha value is -2.01. The molecule has 4 nitrogen and oxygen atoms in total. The van der Waals surface area contributed by atoms with E-state index in [-0.39, 0.29) is 0 Å². The fourth-order valence-electron chi connectivity index (χ4n) is 2.36. The Bertz CT molecular complexity index is 698. The maximum Gasteiger partial charge on any atom is 0.191 e. The predicted octanol–water partition coefficient (Wildman–Crippen LogP) is 3.68. The van der Waals surface area contributed by atoms with E-state index in [0.29, 0.717) is 13.1 Å². The van der Waals surface area contributed by atoms with Gasteiger partial charge in [-0.2, -0.15) is 0 Å². The molecule has 0 aliphatic heterocycles. The van der Waals surface area contributed by atoms with E-state index < -0.39 is 0 Å². The topological polar surface area (TPSA) is 49.3 Å². The van der Waals surface area contributed by atoms with Gasteiger partial charge in [-0.15, -0.1) is 11.8 Å². The van der Waals surface area contributed by atoms with Gasteiger partial charge in [-0.3, -0.25) is 4.98 Å². The lowest BCUT2D eigenvalue weighted by Crippen LogP contribution is -2.37. The van der Waals surface area contributed by atoms with Crippen molar-refractivity contribution in [2.45, 2.75) is 38.8 Å². The summed E-state index contributed by atoms with van der Waals surface area (Å²) in [5, 5.41) is 6.66. The van der Waals surface area contributed by atoms with Gasteiger partial charge in [-0.1, -0.05) is 18.2 Å². The molecule has 1 heterocycles. The van der Waals surface area contributed by atoms with Gasteiger partial charge < -0.3 is 10.6 Å². The van der Waals surface area contributed by atoms with Crippen LogP contribution in [0.5, 0.6) is 0 Å². The standard InChI is InChI=1S/C19H26N4S/c1-5-20-19(23-13-17-15(3)7-6-10-21-17)22-12-16-9-8-14(2)11-18(16)24-4/h6-11H,5,12-13H2,1-4H3,(H2,20,22,23). The quantitative estimate of drug-likeness (QED) is 0.478. The van der Waals surface area contributed by atoms with E-state index in [2.05, 4.69) is 66.9 Å². The van der Waals surface area contributed by atoms with Gasteiger partial charge in [0, 0.05) is 17.6 Å². The highest BCUT2D eigenvalue weighted by molar-refractivity contribution is 7.98. The Balaban J connectivity index is 2.07. The van der Waals surface area contributed by atoms with E-state index in [0.717, 1.165) is 18.2 Å². The summed E-state index contributed by atoms with van der Waals surface area (Å²) in [6.45, 7) is 8.42. The lowest BCUT2D eigenvalue weighted by Gasteiger charge is -2.13. The summed E-state index contributed by atoms with van der Waals surface area (Å²) >= 11 is 1.77. The van der Waals surface area contributed by atoms with Crippen LogP contribution in [0.2, 0.25) is 0 Å². The molecule has 5 heteroatoms. The zero-order valence-corrected chi connectivity index (χ0v) is 15.7. The second kappa shape index (κ2) is 9.33. The van der Waals surface area contributed by atoms with E-state index >= 15 is 0 Å². The van der Waals surface area contributed by atoms with Crippen LogP contribution in [0.4, 0.5) is 0 Å². The van der Waals surface area contributed by atoms with E-state index in [1.807, 2.05) is 12.3 Å². The van der Waals surface area contributed by atoms with Crippen LogP contribution in [0.15, 0.2) is 46.4 Å². The van der Waals surface area contributed by atoms with Gasteiger partial charge in [0.15, 0.2) is 5.96 Å². The molecule has 0 amide bonds. The van der Waals surface area contributed by atoms with Crippen LogP contribution in [-0.4, -0.2) is 23.7 Å². The van der Waals surface area contributed by atoms with E-state index in [1.165, 1.54) is 21.6 Å². The molecular weight excluding hydrogens is 316 g/mol. The molecule has 2 rings (SSSR count). The van der Waals surface area contributed by atoms with Crippen LogP contribution >= 0.6 is 11.8 Å². The van der Waals surface area contributed by atoms with Gasteiger partial charge in [0.1, 0.15) is 0 Å². The highest BCUT2D eigenvalue weighted by Gasteiger charge is 2.04. The first kappa shape index (κ1) is 18.3. The number of aromatic nitrogens is 1. The zero-order valence-electron chi connectivity index (χ0n) is 14.9. The Morgan fingerprint density at radius 1 is 1.21 bits per heavy atom. The highest BCUT2D eigenvalue weighted by atomic mass is 32.2. The molecule has 0 aliphatic rings. The van der Waals surface area contributed by atoms with Crippen molar-refractivity contribution >= 4 is 17.7 Å². The predicted molar refractivity (Wildman–Crippen MR) is 104 cm³/mol. The van der Waals surface area contributed by atoms with E-state index in [9.17, 15) is 0 Å². The minimum Gasteiger partial charge on any atom is -0.357 e. The molecule has 0 atom stereocenters. The number of aryl methyl sites for hydroxylation is 2. The lowest BCUT2D eigenvalue weighted by molar-refractivity contribution is 0.793. The average molecular weight is 343 g/mol. The van der Waals surface area contributed by atoms with Crippen molar-refractivity contribution in [2.24, 2.45) is 4.99 Å². The molecule has 0 spiro atoms. The summed E-state index contributed by atoms with van der Waals surface area (Å²) in [7, 11) is 0. The minimum absolute atomic E-state index is 0.660. The molecule has 0 bridgehead atoms. The third-order valence-electron chi connectivity index (χ3n) is 3.74. The fourth-order valence-corrected chi connectivity index (χ4v) is 3.06. The van der Waals surface area contributed by atoms with Crippen molar-refractivity contribution in [3.63, 3.8) is 0 Å². The molecule has 0 fully saturated rings. The summed E-state index contributed by atoms with van der Waals surface area (Å²) in [5.74, 6) is 0.815. The van der Waals surface area contributed by atoms with Gasteiger partial charge in [0.2, 0.25) is 0 Å². The van der Waals surface area contributed by atoms with Crippen LogP contribution in [0, 0.1) is 13.8 Å². The normalized spacial score (nSPS) is 11.4. The third kappa shape index (κ3) is 5.27. The van der Waals surface area contributed by atoms with Gasteiger partial charge in [0.05, 0.1) is 18.8 Å². The van der Waals surface area contributed by atoms with Crippen molar-refractivity contribution in [1.82, 2.24) is 15.6 Å². The van der Waals surface area contributed by atoms with Crippen LogP contribution in [-0.2, 0) is 13.1 Å². The molecule has 0 aliphatic carbocycles. The van der Waals surface area contributed by atoms with Crippen LogP contribution in [0.3, 0.4) is 0 Å². The first-order valence-electron chi connectivity index (χ1n) is 8.20. The maximum absolute atomic E-state index is 4.72. The van der Waals surface area contributed by atoms with Crippen molar-refractivity contribution in [3.05, 3.63) is 58.9 Å². The molecule has 2 aromatic rings. The summed E-state index contributed by atoms with van der Waals surface area (Å²) < 4.78 is 0. The molecule has 1 aromatic heterocycles. The molecule has 1 aromatic carbocycles. The number of guanidine groups is 1. The fraction of sp³-hybridized carbons (Fsp3) is 0.368. The highest BCUT2D eigenvalue weighted by Crippen LogP contribution is 2.22. The van der Waals surface area contributed by atoms with Crippen LogP contribution in [0.1, 0.15) is 29.3 Å². The molecule has 2 N–H and O–H groups in total. The number of pyridine rings is 1. The van der Waals surface area contributed by atoms with Gasteiger partial charge >= 0.3 is 0 Å². The molecule has 0 saturated heterocycles. The number of nitrogens with one attached hydrogen (secondary N) is 2. The van der Waals surface area contributed by atoms with Crippen molar-refractivity contribution in [2.75, 3.05) is 12.8 Å². The van der Waals surface area contributed by atoms with Crippen molar-refractivity contribution in [1.29, 1.82) is 0 Å². The van der Waals surface area contributed by atoms with Crippen molar-refractivity contribution in [3.8, 4) is 0 Å². The molecule has 0 radical (unpaired) electrons. The summed E-state index contributed by atoms with van der Waals surface area (Å²) in [6, 6.07) is 10.6. The maximum atomic E-state index is 4.72. The number of aliphatic imine (C=N–C) groups is 1. The Morgan fingerprint density at radius 3 is 2.75 bits per heavy atom. The Kier molecular flexibility index (Phi) is 7.12. The number of hydrogen-bond acceptors (Lipinski definition) is 3. The summed E-state index contributed by atoms with van der Waals surface area (Å²) in [4.78, 5) is 10.4. The zero-order chi connectivity index (χ0) is 17.4. The number of thioether (sulfide) groups is 1. The number of nitrogens with zero attached hydrogens (tertiary/aromatic N) is 2. The van der Waals surface area contributed by atoms with E-state index in [4.69, 9.17) is 4.99 Å². The molecule has 24 heavy (non-hydrogen) atoms. The summed E-state index contributed by atoms with van der Waals surface area (Å²) in [5.41, 5.74) is 4.76. The minimum atomic E-state index is 0.660. The first-order chi connectivity index (χ1) is 11.6. The largest absolute Gasteiger partial charge is 0.357 e. The number of rotatable bonds is 6. The Morgan fingerprint density at radius 2 is 2.04 bits per heavy atom. The average Bonchev–Trinajstić information content (AvgIpc) is 2.59. The number of hydrogen-bond donors (Lipinski definition) is 2. The Labute approximate surface area is 149 Å². The summed E-state index contributed by atoms with van der Waals surface area (Å²) in [6.07, 6.45) is 3.93. The van der Waals surface area contributed by atoms with Gasteiger partial charge in [-0.05, 0) is 55.9 Å². The lowest BCUT2D eigenvalue weighted by atomic mass is 10.1. The second-order valence-corrected chi connectivity index (χ2v) is 6.48. The van der Waals surface area contributed by atoms with Crippen LogP contribution in [0.25, 0.3) is 0 Å². The molecule has 0 saturated carbocycles. The molecule has 0 unspecified atom stereocenters. The third-order valence-corrected chi connectivity index (χ3v) is 4.56. The van der Waals surface area contributed by atoms with Gasteiger partial charge in [-0.25, -0.2) is 4.99 Å². The molecular formula is C19H26N4S. The number of benzene rings is 1. The SMILES string of the molecule is CCNC(=NCc1ccc(C)cc1SC)NCc1ncccc1C. The van der Waals surface area contributed by atoms with Crippen LogP contribution < -0.4 is 10.6 Å². The van der Waals surface area contributed by atoms with Gasteiger partial charge in [0.25, 0.3) is 0 Å². The molecule has 128 valence electrons. The van der Waals surface area contributed by atoms with Crippen molar-refractivity contribution < 1.29 is 0 Å².